The number of halogens is 1. The van der Waals surface area contributed by atoms with E-state index in [0.29, 0.717) is 34.3 Å². The lowest BCUT2D eigenvalue weighted by Gasteiger charge is -2.17. The fourth-order valence-electron chi connectivity index (χ4n) is 5.12. The predicted molar refractivity (Wildman–Crippen MR) is 140 cm³/mol. The number of likely N-dealkylation sites (N-methyl/N-ethyl adjacent to an activating group) is 1. The van der Waals surface area contributed by atoms with Crippen molar-refractivity contribution < 1.29 is 4.39 Å². The molecule has 0 aliphatic heterocycles. The van der Waals surface area contributed by atoms with E-state index in [9.17, 15) is 9.18 Å². The van der Waals surface area contributed by atoms with Gasteiger partial charge in [-0.1, -0.05) is 12.1 Å². The minimum absolute atomic E-state index is 0.0921. The number of alkyl halides is 1. The van der Waals surface area contributed by atoms with E-state index in [2.05, 4.69) is 52.5 Å². The van der Waals surface area contributed by atoms with Crippen LogP contribution in [0.4, 0.5) is 15.9 Å². The summed E-state index contributed by atoms with van der Waals surface area (Å²) in [5.74, 6) is 1.18. The van der Waals surface area contributed by atoms with Gasteiger partial charge in [-0.3, -0.25) is 4.79 Å². The molecule has 3 heterocycles. The van der Waals surface area contributed by atoms with Crippen LogP contribution in [0.25, 0.3) is 16.7 Å². The van der Waals surface area contributed by atoms with Crippen LogP contribution in [0.15, 0.2) is 53.5 Å². The fraction of sp³-hybridized carbons (Fsp3) is 0.393. The number of anilines is 2. The lowest BCUT2D eigenvalue weighted by Crippen LogP contribution is -2.27. The van der Waals surface area contributed by atoms with E-state index in [1.807, 2.05) is 16.8 Å². The molecule has 0 amide bonds. The van der Waals surface area contributed by atoms with Gasteiger partial charge in [0.15, 0.2) is 5.82 Å². The van der Waals surface area contributed by atoms with Crippen molar-refractivity contribution >= 4 is 22.4 Å². The summed E-state index contributed by atoms with van der Waals surface area (Å²) in [5.41, 5.74) is 3.07. The summed E-state index contributed by atoms with van der Waals surface area (Å²) in [5, 5.41) is 3.96. The lowest BCUT2D eigenvalue weighted by atomic mass is 10.1. The van der Waals surface area contributed by atoms with Crippen molar-refractivity contribution in [3.05, 3.63) is 75.8 Å². The monoisotopic (exact) mass is 486 g/mol. The highest BCUT2D eigenvalue weighted by Gasteiger charge is 2.31. The zero-order chi connectivity index (χ0) is 25.2. The number of aromatic nitrogens is 4. The second kappa shape index (κ2) is 8.27. The summed E-state index contributed by atoms with van der Waals surface area (Å²) in [7, 11) is 4.25. The van der Waals surface area contributed by atoms with Crippen molar-refractivity contribution in [1.29, 1.82) is 0 Å². The molecule has 1 aromatic carbocycles. The number of hydrogen-bond donors (Lipinski definition) is 1. The van der Waals surface area contributed by atoms with Gasteiger partial charge in [-0.15, -0.1) is 0 Å². The number of benzene rings is 1. The van der Waals surface area contributed by atoms with Gasteiger partial charge < -0.3 is 10.2 Å². The summed E-state index contributed by atoms with van der Waals surface area (Å²) in [6.07, 6.45) is 5.60. The molecule has 0 radical (unpaired) electrons. The van der Waals surface area contributed by atoms with Crippen LogP contribution in [0, 0.1) is 0 Å². The maximum atomic E-state index is 14.7. The van der Waals surface area contributed by atoms with Gasteiger partial charge in [-0.05, 0) is 89.0 Å². The van der Waals surface area contributed by atoms with Crippen LogP contribution >= 0.6 is 0 Å². The largest absolute Gasteiger partial charge is 0.340 e. The highest BCUT2D eigenvalue weighted by atomic mass is 19.1. The Balaban J connectivity index is 1.41. The molecule has 1 fully saturated rings. The summed E-state index contributed by atoms with van der Waals surface area (Å²) in [6, 6.07) is 14.3. The molecule has 6 rings (SSSR count). The molecule has 0 saturated heterocycles. The van der Waals surface area contributed by atoms with Crippen LogP contribution in [0.1, 0.15) is 49.6 Å². The van der Waals surface area contributed by atoms with Gasteiger partial charge in [0, 0.05) is 24.0 Å². The van der Waals surface area contributed by atoms with Crippen molar-refractivity contribution in [2.45, 2.75) is 57.3 Å². The molecule has 1 N–H and O–H groups in total. The zero-order valence-corrected chi connectivity index (χ0v) is 21.1. The van der Waals surface area contributed by atoms with Crippen LogP contribution in [-0.2, 0) is 18.5 Å². The quantitative estimate of drug-likeness (QED) is 0.420. The number of fused-ring (bicyclic) bond motifs is 2. The second-order valence-electron chi connectivity index (χ2n) is 10.8. The highest BCUT2D eigenvalue weighted by Crippen LogP contribution is 2.36. The Morgan fingerprint density at radius 3 is 2.58 bits per heavy atom. The number of nitrogens with zero attached hydrogens (tertiary/aromatic N) is 5. The van der Waals surface area contributed by atoms with Crippen LogP contribution < -0.4 is 10.9 Å². The number of rotatable bonds is 6. The number of pyridine rings is 2. The standard InChI is InChI=1S/C28H31FN6O/c1-28(2,29)24-6-5-7-26(32-24)35-23-15-25(30-16-22(23)27(36)34(35)20-10-11-20)31-19-9-8-17-13-21(33(3)4)14-18(17)12-19/h5-9,12,15-16,20-21H,10-11,13-14H2,1-4H3,(H,30,31). The molecule has 3 aromatic heterocycles. The first-order chi connectivity index (χ1) is 17.2. The van der Waals surface area contributed by atoms with Gasteiger partial charge in [0.2, 0.25) is 0 Å². The molecule has 0 spiro atoms. The summed E-state index contributed by atoms with van der Waals surface area (Å²) in [6.45, 7) is 2.98. The minimum Gasteiger partial charge on any atom is -0.340 e. The molecule has 8 heteroatoms. The average molecular weight is 487 g/mol. The Morgan fingerprint density at radius 2 is 1.86 bits per heavy atom. The summed E-state index contributed by atoms with van der Waals surface area (Å²) >= 11 is 0. The van der Waals surface area contributed by atoms with E-state index in [4.69, 9.17) is 0 Å². The Labute approximate surface area is 209 Å². The highest BCUT2D eigenvalue weighted by molar-refractivity contribution is 5.82. The van der Waals surface area contributed by atoms with Gasteiger partial charge >= 0.3 is 0 Å². The normalized spacial score (nSPS) is 17.7. The molecule has 2 aliphatic carbocycles. The minimum atomic E-state index is -1.59. The molecule has 186 valence electrons. The van der Waals surface area contributed by atoms with Crippen LogP contribution in [0.2, 0.25) is 0 Å². The van der Waals surface area contributed by atoms with Crippen molar-refractivity contribution in [2.75, 3.05) is 19.4 Å². The molecule has 7 nitrogen and oxygen atoms in total. The summed E-state index contributed by atoms with van der Waals surface area (Å²) in [4.78, 5) is 24.8. The molecular formula is C28H31FN6O. The Bertz CT molecular complexity index is 1530. The molecule has 0 bridgehead atoms. The van der Waals surface area contributed by atoms with Crippen molar-refractivity contribution in [3.8, 4) is 5.82 Å². The zero-order valence-electron chi connectivity index (χ0n) is 21.1. The van der Waals surface area contributed by atoms with Crippen molar-refractivity contribution in [3.63, 3.8) is 0 Å². The van der Waals surface area contributed by atoms with Gasteiger partial charge in [-0.2, -0.15) is 0 Å². The second-order valence-corrected chi connectivity index (χ2v) is 10.8. The third-order valence-corrected chi connectivity index (χ3v) is 7.34. The molecule has 2 aliphatic rings. The first-order valence-corrected chi connectivity index (χ1v) is 12.5. The fourth-order valence-corrected chi connectivity index (χ4v) is 5.12. The summed E-state index contributed by atoms with van der Waals surface area (Å²) < 4.78 is 18.3. The third kappa shape index (κ3) is 3.99. The molecule has 1 saturated carbocycles. The van der Waals surface area contributed by atoms with Gasteiger partial charge in [0.05, 0.1) is 22.6 Å². The molecular weight excluding hydrogens is 455 g/mol. The molecule has 1 unspecified atom stereocenters. The lowest BCUT2D eigenvalue weighted by molar-refractivity contribution is 0.214. The maximum Gasteiger partial charge on any atom is 0.276 e. The molecule has 4 aromatic rings. The van der Waals surface area contributed by atoms with E-state index in [0.717, 1.165) is 31.4 Å². The first-order valence-electron chi connectivity index (χ1n) is 12.5. The van der Waals surface area contributed by atoms with Gasteiger partial charge in [0.25, 0.3) is 5.56 Å². The van der Waals surface area contributed by atoms with Crippen LogP contribution in [-0.4, -0.2) is 44.4 Å². The number of nitrogens with one attached hydrogen (secondary N) is 1. The first kappa shape index (κ1) is 22.9. The van der Waals surface area contributed by atoms with E-state index < -0.39 is 5.67 Å². The van der Waals surface area contributed by atoms with Crippen molar-refractivity contribution in [2.24, 2.45) is 0 Å². The topological polar surface area (TPSA) is 68.0 Å². The average Bonchev–Trinajstić information content (AvgIpc) is 3.51. The van der Waals surface area contributed by atoms with E-state index in [-0.39, 0.29) is 11.6 Å². The smallest absolute Gasteiger partial charge is 0.276 e. The van der Waals surface area contributed by atoms with Crippen molar-refractivity contribution in [1.82, 2.24) is 24.2 Å². The van der Waals surface area contributed by atoms with Gasteiger partial charge in [0.1, 0.15) is 11.5 Å². The van der Waals surface area contributed by atoms with Crippen LogP contribution in [0.5, 0.6) is 0 Å². The molecule has 1 atom stereocenters. The SMILES string of the molecule is CN(C)C1Cc2ccc(Nc3cc4c(cn3)c(=O)n(C3CC3)n4-c3cccc(C(C)(C)F)n3)cc2C1. The Hall–Kier alpha value is -3.52. The third-order valence-electron chi connectivity index (χ3n) is 7.34. The molecule has 36 heavy (non-hydrogen) atoms. The Morgan fingerprint density at radius 1 is 1.08 bits per heavy atom. The number of hydrogen-bond acceptors (Lipinski definition) is 5. The predicted octanol–water partition coefficient (Wildman–Crippen LogP) is 4.89. The van der Waals surface area contributed by atoms with Gasteiger partial charge in [-0.25, -0.2) is 23.7 Å². The van der Waals surface area contributed by atoms with Crippen LogP contribution in [0.3, 0.4) is 0 Å². The Kier molecular flexibility index (Phi) is 5.26. The van der Waals surface area contributed by atoms with E-state index in [1.165, 1.54) is 25.0 Å². The van der Waals surface area contributed by atoms with E-state index >= 15 is 0 Å². The van der Waals surface area contributed by atoms with E-state index in [1.54, 1.807) is 23.0 Å². The maximum absolute atomic E-state index is 14.7.